The quantitative estimate of drug-likeness (QED) is 0.639. The number of nitrogens with zero attached hydrogens (tertiary/aromatic N) is 1. The Morgan fingerprint density at radius 2 is 1.41 bits per heavy atom. The van der Waals surface area contributed by atoms with E-state index in [4.69, 9.17) is 4.74 Å². The van der Waals surface area contributed by atoms with Crippen molar-refractivity contribution in [1.29, 1.82) is 0 Å². The molecule has 0 aromatic heterocycles. The van der Waals surface area contributed by atoms with Gasteiger partial charge in [0.25, 0.3) is 0 Å². The molecule has 5 rings (SSSR count). The molecule has 1 N–H and O–H groups in total. The normalized spacial score (nSPS) is 15.5. The molecule has 3 aromatic rings. The summed E-state index contributed by atoms with van der Waals surface area (Å²) in [4.78, 5) is 26.3. The van der Waals surface area contributed by atoms with E-state index in [9.17, 15) is 14.7 Å². The van der Waals surface area contributed by atoms with E-state index in [2.05, 4.69) is 24.3 Å². The monoisotopic (exact) mass is 427 g/mol. The van der Waals surface area contributed by atoms with Crippen molar-refractivity contribution in [2.75, 3.05) is 13.7 Å². The highest BCUT2D eigenvalue weighted by molar-refractivity contribution is 5.81. The zero-order valence-corrected chi connectivity index (χ0v) is 17.9. The molecule has 2 aliphatic rings. The summed E-state index contributed by atoms with van der Waals surface area (Å²) in [5, 5.41) is 9.92. The Balaban J connectivity index is 1.31. The fraction of sp³-hybridized carbons (Fsp3) is 0.259. The van der Waals surface area contributed by atoms with Gasteiger partial charge in [0.2, 0.25) is 0 Å². The van der Waals surface area contributed by atoms with E-state index in [1.807, 2.05) is 48.5 Å². The number of benzene rings is 3. The summed E-state index contributed by atoms with van der Waals surface area (Å²) in [6.45, 7) is 0.175. The topological polar surface area (TPSA) is 66.8 Å². The van der Waals surface area contributed by atoms with Crippen LogP contribution in [0.5, 0.6) is 0 Å². The Kier molecular flexibility index (Phi) is 5.17. The summed E-state index contributed by atoms with van der Waals surface area (Å²) >= 11 is 0. The lowest BCUT2D eigenvalue weighted by Gasteiger charge is -2.29. The lowest BCUT2D eigenvalue weighted by atomic mass is 9.95. The number of fused-ring (bicyclic) bond motifs is 4. The summed E-state index contributed by atoms with van der Waals surface area (Å²) in [6.07, 6.45) is 0.692. The van der Waals surface area contributed by atoms with Crippen LogP contribution in [0.2, 0.25) is 0 Å². The number of carbonyl (C=O) groups is 2. The van der Waals surface area contributed by atoms with Crippen LogP contribution in [0, 0.1) is 5.92 Å². The number of rotatable bonds is 5. The molecule has 1 amide bonds. The molecule has 0 heterocycles. The van der Waals surface area contributed by atoms with Gasteiger partial charge >= 0.3 is 12.1 Å². The molecule has 0 spiro atoms. The summed E-state index contributed by atoms with van der Waals surface area (Å²) in [5.41, 5.74) is 6.89. The average molecular weight is 428 g/mol. The minimum Gasteiger partial charge on any atom is -0.480 e. The van der Waals surface area contributed by atoms with Crippen molar-refractivity contribution in [1.82, 2.24) is 4.90 Å². The second-order valence-corrected chi connectivity index (χ2v) is 8.64. The summed E-state index contributed by atoms with van der Waals surface area (Å²) in [7, 11) is 1.53. The van der Waals surface area contributed by atoms with Crippen molar-refractivity contribution in [2.24, 2.45) is 5.92 Å². The summed E-state index contributed by atoms with van der Waals surface area (Å²) < 4.78 is 5.69. The van der Waals surface area contributed by atoms with Crippen LogP contribution < -0.4 is 0 Å². The number of aliphatic carboxylic acids is 1. The van der Waals surface area contributed by atoms with Gasteiger partial charge in [0.05, 0.1) is 0 Å². The number of carboxylic acids is 1. The smallest absolute Gasteiger partial charge is 0.410 e. The SMILES string of the molecule is CN(C(=O)OCC1c2ccccc2-c2ccccc21)[C@H](C(=O)O)C1Cc2ccccc2C1. The minimum absolute atomic E-state index is 0.0567. The van der Waals surface area contributed by atoms with Crippen LogP contribution in [0.15, 0.2) is 72.8 Å². The van der Waals surface area contributed by atoms with Gasteiger partial charge in [-0.25, -0.2) is 9.59 Å². The molecule has 0 saturated heterocycles. The van der Waals surface area contributed by atoms with Crippen LogP contribution in [-0.2, 0) is 22.4 Å². The zero-order valence-electron chi connectivity index (χ0n) is 17.9. The summed E-state index contributed by atoms with van der Waals surface area (Å²) in [5.74, 6) is -1.23. The van der Waals surface area contributed by atoms with E-state index < -0.39 is 18.1 Å². The first-order chi connectivity index (χ1) is 15.5. The van der Waals surface area contributed by atoms with Crippen molar-refractivity contribution < 1.29 is 19.4 Å². The zero-order chi connectivity index (χ0) is 22.2. The number of ether oxygens (including phenoxy) is 1. The van der Waals surface area contributed by atoms with E-state index in [1.165, 1.54) is 11.9 Å². The van der Waals surface area contributed by atoms with Crippen molar-refractivity contribution in [3.8, 4) is 11.1 Å². The molecule has 0 fully saturated rings. The van der Waals surface area contributed by atoms with Gasteiger partial charge in [-0.15, -0.1) is 0 Å². The van der Waals surface area contributed by atoms with Crippen molar-refractivity contribution in [2.45, 2.75) is 24.8 Å². The second kappa shape index (κ2) is 8.15. The molecule has 0 bridgehead atoms. The number of hydrogen-bond donors (Lipinski definition) is 1. The molecule has 2 aliphatic carbocycles. The number of likely N-dealkylation sites (N-methyl/N-ethyl adjacent to an activating group) is 1. The first kappa shape index (κ1) is 20.3. The Labute approximate surface area is 187 Å². The Bertz CT molecular complexity index is 1120. The van der Waals surface area contributed by atoms with Gasteiger partial charge in [-0.1, -0.05) is 72.8 Å². The molecule has 162 valence electrons. The third-order valence-electron chi connectivity index (χ3n) is 6.82. The summed E-state index contributed by atoms with van der Waals surface area (Å²) in [6, 6.07) is 23.3. The molecular formula is C27H25NO4. The van der Waals surface area contributed by atoms with Crippen LogP contribution in [0.25, 0.3) is 11.1 Å². The molecular weight excluding hydrogens is 402 g/mol. The van der Waals surface area contributed by atoms with E-state index in [0.717, 1.165) is 33.4 Å². The van der Waals surface area contributed by atoms with Crippen LogP contribution in [0.3, 0.4) is 0 Å². The van der Waals surface area contributed by atoms with Crippen molar-refractivity contribution >= 4 is 12.1 Å². The highest BCUT2D eigenvalue weighted by Gasteiger charge is 2.39. The van der Waals surface area contributed by atoms with E-state index >= 15 is 0 Å². The molecule has 0 saturated carbocycles. The van der Waals surface area contributed by atoms with Gasteiger partial charge in [-0.05, 0) is 52.1 Å². The molecule has 0 unspecified atom stereocenters. The first-order valence-corrected chi connectivity index (χ1v) is 10.9. The fourth-order valence-corrected chi connectivity index (χ4v) is 5.31. The number of amides is 1. The second-order valence-electron chi connectivity index (χ2n) is 8.64. The molecule has 5 nitrogen and oxygen atoms in total. The molecule has 0 aliphatic heterocycles. The van der Waals surface area contributed by atoms with Crippen molar-refractivity contribution in [3.63, 3.8) is 0 Å². The molecule has 5 heteroatoms. The Hall–Kier alpha value is -3.60. The highest BCUT2D eigenvalue weighted by Crippen LogP contribution is 2.44. The first-order valence-electron chi connectivity index (χ1n) is 10.9. The largest absolute Gasteiger partial charge is 0.480 e. The van der Waals surface area contributed by atoms with E-state index in [1.54, 1.807) is 0 Å². The molecule has 3 aromatic carbocycles. The fourth-order valence-electron chi connectivity index (χ4n) is 5.31. The van der Waals surface area contributed by atoms with Crippen LogP contribution in [0.4, 0.5) is 4.79 Å². The van der Waals surface area contributed by atoms with Gasteiger partial charge in [-0.2, -0.15) is 0 Å². The number of carboxylic acid groups (broad SMARTS) is 1. The van der Waals surface area contributed by atoms with Gasteiger partial charge in [0, 0.05) is 13.0 Å². The number of carbonyl (C=O) groups excluding carboxylic acids is 1. The lowest BCUT2D eigenvalue weighted by Crippen LogP contribution is -2.48. The van der Waals surface area contributed by atoms with Crippen LogP contribution in [0.1, 0.15) is 28.2 Å². The van der Waals surface area contributed by atoms with Gasteiger partial charge < -0.3 is 9.84 Å². The predicted octanol–water partition coefficient (Wildman–Crippen LogP) is 4.74. The predicted molar refractivity (Wildman–Crippen MR) is 122 cm³/mol. The van der Waals surface area contributed by atoms with Gasteiger partial charge in [-0.3, -0.25) is 4.90 Å². The standard InChI is InChI=1S/C27H25NO4/c1-28(25(26(29)30)19-14-17-8-2-3-9-18(17)15-19)27(31)32-16-24-22-12-6-4-10-20(22)21-11-5-7-13-23(21)24/h2-13,19,24-25H,14-16H2,1H3,(H,29,30)/t25-/m0/s1. The minimum atomic E-state index is -1.00. The van der Waals surface area contributed by atoms with E-state index in [0.29, 0.717) is 12.8 Å². The third-order valence-corrected chi connectivity index (χ3v) is 6.82. The lowest BCUT2D eigenvalue weighted by molar-refractivity contribution is -0.144. The number of hydrogen-bond acceptors (Lipinski definition) is 3. The average Bonchev–Trinajstić information content (AvgIpc) is 3.36. The Morgan fingerprint density at radius 1 is 0.906 bits per heavy atom. The molecule has 32 heavy (non-hydrogen) atoms. The molecule has 0 radical (unpaired) electrons. The maximum absolute atomic E-state index is 12.9. The van der Waals surface area contributed by atoms with Crippen molar-refractivity contribution in [3.05, 3.63) is 95.1 Å². The maximum atomic E-state index is 12.9. The highest BCUT2D eigenvalue weighted by atomic mass is 16.6. The molecule has 1 atom stereocenters. The third kappa shape index (κ3) is 3.44. The van der Waals surface area contributed by atoms with Crippen LogP contribution in [-0.4, -0.2) is 41.8 Å². The van der Waals surface area contributed by atoms with Gasteiger partial charge in [0.1, 0.15) is 12.6 Å². The van der Waals surface area contributed by atoms with E-state index in [-0.39, 0.29) is 18.4 Å². The maximum Gasteiger partial charge on any atom is 0.410 e. The van der Waals surface area contributed by atoms with Crippen LogP contribution >= 0.6 is 0 Å². The Morgan fingerprint density at radius 3 is 1.94 bits per heavy atom. The van der Waals surface area contributed by atoms with Gasteiger partial charge in [0.15, 0.2) is 0 Å².